The van der Waals surface area contributed by atoms with Gasteiger partial charge in [0.25, 0.3) is 11.2 Å². The molecular formula is C31H27F2N5O5. The molecule has 2 aromatic heterocycles. The highest BCUT2D eigenvalue weighted by Gasteiger charge is 2.25. The van der Waals surface area contributed by atoms with Crippen molar-refractivity contribution in [3.8, 4) is 11.3 Å². The molecular weight excluding hydrogens is 560 g/mol. The second-order valence-corrected chi connectivity index (χ2v) is 9.90. The van der Waals surface area contributed by atoms with Gasteiger partial charge < -0.3 is 9.30 Å². The van der Waals surface area contributed by atoms with E-state index in [0.717, 1.165) is 17.7 Å². The molecule has 2 heterocycles. The number of halogens is 2. The van der Waals surface area contributed by atoms with Crippen LogP contribution in [-0.2, 0) is 24.4 Å². The van der Waals surface area contributed by atoms with Crippen molar-refractivity contribution in [3.63, 3.8) is 0 Å². The van der Waals surface area contributed by atoms with E-state index in [9.17, 15) is 28.5 Å². The van der Waals surface area contributed by atoms with Crippen LogP contribution in [0.3, 0.4) is 0 Å². The minimum absolute atomic E-state index is 0.00287. The summed E-state index contributed by atoms with van der Waals surface area (Å²) in [6, 6.07) is 18.8. The van der Waals surface area contributed by atoms with Crippen molar-refractivity contribution in [1.82, 2.24) is 18.9 Å². The van der Waals surface area contributed by atoms with E-state index in [4.69, 9.17) is 9.72 Å². The molecule has 5 aromatic rings. The van der Waals surface area contributed by atoms with Crippen LogP contribution in [0.2, 0.25) is 0 Å². The average Bonchev–Trinajstić information content (AvgIpc) is 3.36. The number of nitro benzene ring substituents is 1. The van der Waals surface area contributed by atoms with E-state index in [-0.39, 0.29) is 42.3 Å². The summed E-state index contributed by atoms with van der Waals surface area (Å²) in [6.45, 7) is 1.88. The number of rotatable bonds is 10. The van der Waals surface area contributed by atoms with Crippen molar-refractivity contribution in [2.24, 2.45) is 0 Å². The summed E-state index contributed by atoms with van der Waals surface area (Å²) in [4.78, 5) is 44.2. The van der Waals surface area contributed by atoms with E-state index in [1.54, 1.807) is 6.92 Å². The number of hydrogen-bond donors (Lipinski definition) is 0. The number of fused-ring (bicyclic) bond motifs is 1. The molecule has 0 radical (unpaired) electrons. The largest absolute Gasteiger partial charge is 0.462 e. The smallest absolute Gasteiger partial charge is 0.345 e. The number of nitrogens with zero attached hydrogens (tertiary/aromatic N) is 5. The third kappa shape index (κ3) is 6.04. The summed E-state index contributed by atoms with van der Waals surface area (Å²) in [5, 5.41) is 11.3. The Hall–Kier alpha value is -5.23. The van der Waals surface area contributed by atoms with Crippen molar-refractivity contribution in [2.75, 3.05) is 13.7 Å². The van der Waals surface area contributed by atoms with E-state index in [2.05, 4.69) is 0 Å². The number of hydrogen-bond acceptors (Lipinski definition) is 7. The molecule has 12 heteroatoms. The van der Waals surface area contributed by atoms with Crippen molar-refractivity contribution in [2.45, 2.75) is 26.6 Å². The van der Waals surface area contributed by atoms with Gasteiger partial charge in [-0.3, -0.25) is 19.8 Å². The molecule has 0 bridgehead atoms. The fourth-order valence-electron chi connectivity index (χ4n) is 4.88. The van der Waals surface area contributed by atoms with E-state index in [1.807, 2.05) is 42.3 Å². The standard InChI is InChI=1S/C31H27F2N5O5/c1-3-43-30(40)24-18-36(17-23-25(32)10-7-11-26(23)33)31-34-28(21-12-14-22(15-13-21)38(41)42)27(37(31)29(24)39)19-35(2)16-20-8-5-4-6-9-20/h4-15,18H,3,16-17,19H2,1-2H3. The molecule has 0 N–H and O–H groups in total. The van der Waals surface area contributed by atoms with Crippen LogP contribution in [0, 0.1) is 21.7 Å². The second-order valence-electron chi connectivity index (χ2n) is 9.90. The lowest BCUT2D eigenvalue weighted by molar-refractivity contribution is -0.384. The van der Waals surface area contributed by atoms with Gasteiger partial charge in [-0.25, -0.2) is 23.0 Å². The maximum atomic E-state index is 14.7. The third-order valence-electron chi connectivity index (χ3n) is 6.88. The van der Waals surface area contributed by atoms with Gasteiger partial charge in [0.2, 0.25) is 5.78 Å². The lowest BCUT2D eigenvalue weighted by atomic mass is 10.1. The van der Waals surface area contributed by atoms with Gasteiger partial charge in [-0.1, -0.05) is 36.4 Å². The summed E-state index contributed by atoms with van der Waals surface area (Å²) in [5.41, 5.74) is 0.693. The summed E-state index contributed by atoms with van der Waals surface area (Å²) in [6.07, 6.45) is 1.19. The Bertz CT molecular complexity index is 1850. The highest BCUT2D eigenvalue weighted by molar-refractivity contribution is 5.89. The first-order valence-electron chi connectivity index (χ1n) is 13.4. The summed E-state index contributed by atoms with van der Waals surface area (Å²) in [5.74, 6) is -2.48. The topological polar surface area (TPSA) is 112 Å². The minimum atomic E-state index is -0.897. The van der Waals surface area contributed by atoms with Crippen molar-refractivity contribution < 1.29 is 23.2 Å². The molecule has 10 nitrogen and oxygen atoms in total. The second kappa shape index (κ2) is 12.3. The third-order valence-corrected chi connectivity index (χ3v) is 6.88. The molecule has 0 unspecified atom stereocenters. The molecule has 43 heavy (non-hydrogen) atoms. The summed E-state index contributed by atoms with van der Waals surface area (Å²) >= 11 is 0. The first kappa shape index (κ1) is 29.3. The Kier molecular flexibility index (Phi) is 8.39. The lowest BCUT2D eigenvalue weighted by Crippen LogP contribution is -2.29. The Morgan fingerprint density at radius 2 is 1.67 bits per heavy atom. The van der Waals surface area contributed by atoms with Gasteiger partial charge in [0.05, 0.1) is 29.5 Å². The SMILES string of the molecule is CCOC(=O)c1cn(Cc2c(F)cccc2F)c2nc(-c3ccc([N+](=O)[O-])cc3)c(CN(C)Cc3ccccc3)n2c1=O. The molecule has 220 valence electrons. The summed E-state index contributed by atoms with van der Waals surface area (Å²) in [7, 11) is 1.84. The van der Waals surface area contributed by atoms with Gasteiger partial charge in [-0.2, -0.15) is 0 Å². The maximum Gasteiger partial charge on any atom is 0.345 e. The van der Waals surface area contributed by atoms with Gasteiger partial charge in [0.15, 0.2) is 0 Å². The Labute approximate surface area is 244 Å². The minimum Gasteiger partial charge on any atom is -0.462 e. The van der Waals surface area contributed by atoms with E-state index < -0.39 is 28.1 Å². The Morgan fingerprint density at radius 1 is 1.00 bits per heavy atom. The van der Waals surface area contributed by atoms with Gasteiger partial charge in [-0.05, 0) is 43.8 Å². The number of imidazole rings is 1. The molecule has 0 saturated heterocycles. The number of esters is 1. The van der Waals surface area contributed by atoms with Crippen LogP contribution < -0.4 is 5.56 Å². The molecule has 0 aliphatic heterocycles. The van der Waals surface area contributed by atoms with E-state index in [1.165, 1.54) is 45.5 Å². The van der Waals surface area contributed by atoms with E-state index >= 15 is 0 Å². The number of non-ortho nitro benzene ring substituents is 1. The van der Waals surface area contributed by atoms with Gasteiger partial charge in [0, 0.05) is 42.5 Å². The Balaban J connectivity index is 1.75. The highest BCUT2D eigenvalue weighted by Crippen LogP contribution is 2.28. The fraction of sp³-hybridized carbons (Fsp3) is 0.194. The van der Waals surface area contributed by atoms with Crippen LogP contribution >= 0.6 is 0 Å². The van der Waals surface area contributed by atoms with Gasteiger partial charge in [-0.15, -0.1) is 0 Å². The van der Waals surface area contributed by atoms with Crippen molar-refractivity contribution in [3.05, 3.63) is 133 Å². The highest BCUT2D eigenvalue weighted by atomic mass is 19.1. The number of carbonyl (C=O) groups excluding carboxylic acids is 1. The first-order chi connectivity index (χ1) is 20.7. The van der Waals surface area contributed by atoms with Gasteiger partial charge in [0.1, 0.15) is 17.2 Å². The molecule has 3 aromatic carbocycles. The predicted octanol–water partition coefficient (Wildman–Crippen LogP) is 5.21. The van der Waals surface area contributed by atoms with Crippen molar-refractivity contribution >= 4 is 17.4 Å². The zero-order valence-electron chi connectivity index (χ0n) is 23.4. The molecule has 0 atom stereocenters. The van der Waals surface area contributed by atoms with Crippen LogP contribution in [-0.4, -0.2) is 43.4 Å². The predicted molar refractivity (Wildman–Crippen MR) is 155 cm³/mol. The van der Waals surface area contributed by atoms with Gasteiger partial charge >= 0.3 is 5.97 Å². The zero-order valence-corrected chi connectivity index (χ0v) is 23.4. The number of carbonyl (C=O) groups is 1. The van der Waals surface area contributed by atoms with Crippen LogP contribution in [0.5, 0.6) is 0 Å². The number of nitro groups is 1. The lowest BCUT2D eigenvalue weighted by Gasteiger charge is -2.18. The molecule has 0 spiro atoms. The van der Waals surface area contributed by atoms with Crippen LogP contribution in [0.25, 0.3) is 17.0 Å². The normalized spacial score (nSPS) is 11.3. The monoisotopic (exact) mass is 587 g/mol. The quantitative estimate of drug-likeness (QED) is 0.125. The van der Waals surface area contributed by atoms with E-state index in [0.29, 0.717) is 23.5 Å². The van der Waals surface area contributed by atoms with Crippen LogP contribution in [0.4, 0.5) is 14.5 Å². The van der Waals surface area contributed by atoms with Crippen LogP contribution in [0.1, 0.15) is 34.1 Å². The number of benzene rings is 3. The maximum absolute atomic E-state index is 14.7. The number of aromatic nitrogens is 3. The number of ether oxygens (including phenoxy) is 1. The first-order valence-corrected chi connectivity index (χ1v) is 13.4. The fourth-order valence-corrected chi connectivity index (χ4v) is 4.88. The zero-order chi connectivity index (χ0) is 30.7. The molecule has 0 aliphatic carbocycles. The molecule has 0 fully saturated rings. The molecule has 0 amide bonds. The molecule has 0 saturated carbocycles. The van der Waals surface area contributed by atoms with Crippen LogP contribution in [0.15, 0.2) is 83.8 Å². The van der Waals surface area contributed by atoms with Crippen molar-refractivity contribution in [1.29, 1.82) is 0 Å². The molecule has 5 rings (SSSR count). The Morgan fingerprint density at radius 3 is 2.30 bits per heavy atom. The molecule has 0 aliphatic rings. The summed E-state index contributed by atoms with van der Waals surface area (Å²) < 4.78 is 37.2. The average molecular weight is 588 g/mol.